The van der Waals surface area contributed by atoms with Gasteiger partial charge in [-0.15, -0.1) is 11.3 Å². The fraction of sp³-hybridized carbons (Fsp3) is 0.467. The lowest BCUT2D eigenvalue weighted by atomic mass is 10.2. The molecule has 0 bridgehead atoms. The van der Waals surface area contributed by atoms with Crippen LogP contribution >= 0.6 is 11.3 Å². The number of nitrogens with one attached hydrogen (secondary N) is 1. The number of fused-ring (bicyclic) bond motifs is 1. The summed E-state index contributed by atoms with van der Waals surface area (Å²) < 4.78 is 49.4. The van der Waals surface area contributed by atoms with Gasteiger partial charge in [0.15, 0.2) is 0 Å². The predicted molar refractivity (Wildman–Crippen MR) is 101 cm³/mol. The van der Waals surface area contributed by atoms with Gasteiger partial charge in [-0.3, -0.25) is 4.79 Å². The third kappa shape index (κ3) is 3.75. The number of carbonyl (C=O) groups is 1. The molecule has 0 spiro atoms. The lowest BCUT2D eigenvalue weighted by Crippen LogP contribution is -2.42. The maximum Gasteiger partial charge on any atom is 0.242 e. The highest BCUT2D eigenvalue weighted by Gasteiger charge is 2.36. The number of hydrogen-bond donors (Lipinski definition) is 1. The Labute approximate surface area is 156 Å². The van der Waals surface area contributed by atoms with E-state index in [4.69, 9.17) is 0 Å². The molecular formula is C15H19N3O5S3. The van der Waals surface area contributed by atoms with Crippen molar-refractivity contribution in [1.82, 2.24) is 9.29 Å². The van der Waals surface area contributed by atoms with Gasteiger partial charge in [0.2, 0.25) is 30.1 Å². The Kier molecular flexibility index (Phi) is 5.08. The van der Waals surface area contributed by atoms with Crippen LogP contribution in [0.5, 0.6) is 0 Å². The van der Waals surface area contributed by atoms with Crippen LogP contribution in [0.4, 0.5) is 5.69 Å². The Bertz CT molecular complexity index is 1060. The van der Waals surface area contributed by atoms with Crippen molar-refractivity contribution in [3.05, 3.63) is 18.2 Å². The summed E-state index contributed by atoms with van der Waals surface area (Å²) >= 11 is 1.05. The van der Waals surface area contributed by atoms with Crippen molar-refractivity contribution in [2.75, 3.05) is 23.9 Å². The molecule has 1 aromatic heterocycles. The number of amides is 1. The number of sulfone groups is 1. The molecule has 2 aromatic rings. The first-order valence-electron chi connectivity index (χ1n) is 8.03. The van der Waals surface area contributed by atoms with Crippen LogP contribution in [0, 0.1) is 0 Å². The number of thiazole rings is 1. The van der Waals surface area contributed by atoms with Gasteiger partial charge in [-0.05, 0) is 31.0 Å². The van der Waals surface area contributed by atoms with E-state index in [2.05, 4.69) is 10.3 Å². The first kappa shape index (κ1) is 19.2. The number of aromatic nitrogens is 1. The van der Waals surface area contributed by atoms with Crippen molar-refractivity contribution in [2.24, 2.45) is 0 Å². The summed E-state index contributed by atoms with van der Waals surface area (Å²) in [7, 11) is -6.83. The quantitative estimate of drug-likeness (QED) is 0.788. The fourth-order valence-corrected chi connectivity index (χ4v) is 6.34. The van der Waals surface area contributed by atoms with Crippen molar-refractivity contribution >= 4 is 53.0 Å². The van der Waals surface area contributed by atoms with E-state index in [9.17, 15) is 21.6 Å². The monoisotopic (exact) mass is 417 g/mol. The highest BCUT2D eigenvalue weighted by molar-refractivity contribution is 7.93. The van der Waals surface area contributed by atoms with Gasteiger partial charge in [0.25, 0.3) is 0 Å². The molecule has 1 atom stereocenters. The summed E-state index contributed by atoms with van der Waals surface area (Å²) in [6.45, 7) is 1.89. The molecule has 1 aliphatic heterocycles. The zero-order valence-corrected chi connectivity index (χ0v) is 16.7. The maximum absolute atomic E-state index is 12.5. The number of rotatable bonds is 5. The van der Waals surface area contributed by atoms with Gasteiger partial charge in [0.1, 0.15) is 6.04 Å². The SMILES string of the molecule is CCS(=O)(=O)c1nc2ccc(NC(=O)[C@@H]3CCCN3S(C)(=O)=O)cc2s1. The predicted octanol–water partition coefficient (Wildman–Crippen LogP) is 1.45. The molecule has 0 radical (unpaired) electrons. The fourth-order valence-electron chi connectivity index (χ4n) is 2.86. The average Bonchev–Trinajstić information content (AvgIpc) is 3.21. The zero-order valence-electron chi connectivity index (χ0n) is 14.3. The summed E-state index contributed by atoms with van der Waals surface area (Å²) in [5.74, 6) is -0.419. The molecule has 1 aliphatic rings. The van der Waals surface area contributed by atoms with E-state index < -0.39 is 31.8 Å². The summed E-state index contributed by atoms with van der Waals surface area (Å²) in [5, 5.41) is 2.72. The molecule has 0 aliphatic carbocycles. The van der Waals surface area contributed by atoms with Crippen LogP contribution in [0.15, 0.2) is 22.5 Å². The number of nitrogens with zero attached hydrogens (tertiary/aromatic N) is 2. The van der Waals surface area contributed by atoms with Gasteiger partial charge in [-0.25, -0.2) is 21.8 Å². The van der Waals surface area contributed by atoms with E-state index >= 15 is 0 Å². The molecule has 3 rings (SSSR count). The lowest BCUT2D eigenvalue weighted by Gasteiger charge is -2.21. The van der Waals surface area contributed by atoms with E-state index in [1.165, 1.54) is 4.31 Å². The van der Waals surface area contributed by atoms with Crippen LogP contribution in [0.3, 0.4) is 0 Å². The summed E-state index contributed by atoms with van der Waals surface area (Å²) in [6.07, 6.45) is 2.20. The molecule has 142 valence electrons. The minimum absolute atomic E-state index is 0.0284. The topological polar surface area (TPSA) is 114 Å². The normalized spacial score (nSPS) is 19.1. The zero-order chi connectivity index (χ0) is 19.1. The Balaban J connectivity index is 1.84. The molecular weight excluding hydrogens is 398 g/mol. The van der Waals surface area contributed by atoms with Crippen LogP contribution < -0.4 is 5.32 Å². The first-order chi connectivity index (χ1) is 12.1. The van der Waals surface area contributed by atoms with Gasteiger partial charge in [-0.1, -0.05) is 6.92 Å². The molecule has 2 heterocycles. The second-order valence-electron chi connectivity index (χ2n) is 6.09. The second kappa shape index (κ2) is 6.87. The molecule has 1 saturated heterocycles. The van der Waals surface area contributed by atoms with Crippen LogP contribution in [0.25, 0.3) is 10.2 Å². The number of anilines is 1. The maximum atomic E-state index is 12.5. The molecule has 1 fully saturated rings. The molecule has 1 aromatic carbocycles. The standard InChI is InChI=1S/C15H19N3O5S3/c1-3-26(22,23)15-17-11-7-6-10(9-13(11)24-15)16-14(19)12-5-4-8-18(12)25(2,20)21/h6-7,9,12H,3-5,8H2,1-2H3,(H,16,19)/t12-/m0/s1. The van der Waals surface area contributed by atoms with Crippen LogP contribution in [-0.2, 0) is 24.7 Å². The molecule has 11 heteroatoms. The minimum Gasteiger partial charge on any atom is -0.325 e. The Morgan fingerprint density at radius 2 is 2.08 bits per heavy atom. The molecule has 0 unspecified atom stereocenters. The van der Waals surface area contributed by atoms with Gasteiger partial charge in [-0.2, -0.15) is 4.31 Å². The third-order valence-electron chi connectivity index (χ3n) is 4.21. The van der Waals surface area contributed by atoms with Crippen LogP contribution in [0.1, 0.15) is 19.8 Å². The lowest BCUT2D eigenvalue weighted by molar-refractivity contribution is -0.119. The highest BCUT2D eigenvalue weighted by atomic mass is 32.2. The number of benzene rings is 1. The highest BCUT2D eigenvalue weighted by Crippen LogP contribution is 2.29. The van der Waals surface area contributed by atoms with E-state index in [0.717, 1.165) is 17.6 Å². The summed E-state index contributed by atoms with van der Waals surface area (Å²) in [4.78, 5) is 16.6. The first-order valence-corrected chi connectivity index (χ1v) is 12.3. The molecule has 1 N–H and O–H groups in total. The van der Waals surface area contributed by atoms with Crippen molar-refractivity contribution in [2.45, 2.75) is 30.1 Å². The molecule has 26 heavy (non-hydrogen) atoms. The van der Waals surface area contributed by atoms with Crippen molar-refractivity contribution in [1.29, 1.82) is 0 Å². The van der Waals surface area contributed by atoms with Crippen LogP contribution in [0.2, 0.25) is 0 Å². The summed E-state index contributed by atoms with van der Waals surface area (Å²) in [5.41, 5.74) is 1.02. The summed E-state index contributed by atoms with van der Waals surface area (Å²) in [6, 6.07) is 4.19. The number of carbonyl (C=O) groups excluding carboxylic acids is 1. The van der Waals surface area contributed by atoms with Crippen LogP contribution in [-0.4, -0.2) is 56.6 Å². The molecule has 1 amide bonds. The van der Waals surface area contributed by atoms with E-state index in [1.807, 2.05) is 0 Å². The average molecular weight is 418 g/mol. The van der Waals surface area contributed by atoms with Crippen molar-refractivity contribution in [3.8, 4) is 0 Å². The molecule has 0 saturated carbocycles. The number of sulfonamides is 1. The van der Waals surface area contributed by atoms with Gasteiger partial charge < -0.3 is 5.32 Å². The Morgan fingerprint density at radius 1 is 1.35 bits per heavy atom. The second-order valence-corrected chi connectivity index (χ2v) is 11.5. The van der Waals surface area contributed by atoms with E-state index in [-0.39, 0.29) is 10.1 Å². The van der Waals surface area contributed by atoms with E-state index in [0.29, 0.717) is 35.3 Å². The van der Waals surface area contributed by atoms with Gasteiger partial charge in [0, 0.05) is 12.2 Å². The van der Waals surface area contributed by atoms with Crippen molar-refractivity contribution < 1.29 is 21.6 Å². The molecule has 8 nitrogen and oxygen atoms in total. The minimum atomic E-state index is -3.44. The van der Waals surface area contributed by atoms with E-state index in [1.54, 1.807) is 25.1 Å². The Hall–Kier alpha value is -1.56. The van der Waals surface area contributed by atoms with Gasteiger partial charge >= 0.3 is 0 Å². The van der Waals surface area contributed by atoms with Crippen molar-refractivity contribution in [3.63, 3.8) is 0 Å². The Morgan fingerprint density at radius 3 is 2.73 bits per heavy atom. The number of hydrogen-bond acceptors (Lipinski definition) is 7. The third-order valence-corrected chi connectivity index (χ3v) is 8.71. The van der Waals surface area contributed by atoms with Gasteiger partial charge in [0.05, 0.1) is 22.2 Å². The smallest absolute Gasteiger partial charge is 0.242 e. The largest absolute Gasteiger partial charge is 0.325 e.